The Morgan fingerprint density at radius 1 is 1.21 bits per heavy atom. The van der Waals surface area contributed by atoms with Gasteiger partial charge >= 0.3 is 0 Å². The quantitative estimate of drug-likeness (QED) is 0.849. The Morgan fingerprint density at radius 2 is 1.89 bits per heavy atom. The average molecular weight is 264 g/mol. The lowest BCUT2D eigenvalue weighted by Gasteiger charge is -2.16. The van der Waals surface area contributed by atoms with E-state index in [1.54, 1.807) is 14.2 Å². The van der Waals surface area contributed by atoms with Gasteiger partial charge in [-0.3, -0.25) is 4.90 Å². The zero-order valence-corrected chi connectivity index (χ0v) is 12.1. The summed E-state index contributed by atoms with van der Waals surface area (Å²) in [5.41, 5.74) is 2.47. The number of methoxy groups -OCH3 is 2. The van der Waals surface area contributed by atoms with Crippen LogP contribution in [-0.2, 0) is 9.47 Å². The van der Waals surface area contributed by atoms with Gasteiger partial charge in [0, 0.05) is 46.1 Å². The molecule has 1 heterocycles. The molecule has 4 heteroatoms. The first kappa shape index (κ1) is 14.3. The van der Waals surface area contributed by atoms with Gasteiger partial charge in [0.2, 0.25) is 0 Å². The second-order valence-electron chi connectivity index (χ2n) is 5.10. The Bertz CT molecular complexity index is 385. The molecule has 1 aromatic carbocycles. The predicted octanol–water partition coefficient (Wildman–Crippen LogP) is 1.75. The third kappa shape index (κ3) is 3.93. The molecule has 1 aliphatic heterocycles. The summed E-state index contributed by atoms with van der Waals surface area (Å²) in [4.78, 5) is 2.38. The molecule has 2 unspecified atom stereocenters. The number of ether oxygens (including phenoxy) is 2. The van der Waals surface area contributed by atoms with Crippen LogP contribution < -0.4 is 5.32 Å². The number of hydrogen-bond acceptors (Lipinski definition) is 4. The number of hydrogen-bond donors (Lipinski definition) is 1. The smallest absolute Gasteiger partial charge is 0.0971 e. The largest absolute Gasteiger partial charge is 0.384 e. The van der Waals surface area contributed by atoms with Crippen molar-refractivity contribution < 1.29 is 9.47 Å². The van der Waals surface area contributed by atoms with Crippen molar-refractivity contribution >= 4 is 5.69 Å². The molecule has 0 spiro atoms. The number of likely N-dealkylation sites (tertiary alicyclic amines) is 1. The van der Waals surface area contributed by atoms with E-state index in [-0.39, 0.29) is 12.2 Å². The lowest BCUT2D eigenvalue weighted by atomic mass is 10.2. The molecule has 2 atom stereocenters. The maximum absolute atomic E-state index is 5.44. The van der Waals surface area contributed by atoms with Crippen LogP contribution >= 0.6 is 0 Å². The summed E-state index contributed by atoms with van der Waals surface area (Å²) in [5, 5.41) is 3.45. The molecule has 0 radical (unpaired) electrons. The van der Waals surface area contributed by atoms with Gasteiger partial charge in [0.25, 0.3) is 0 Å². The second kappa shape index (κ2) is 6.89. The van der Waals surface area contributed by atoms with Crippen LogP contribution in [-0.4, -0.2) is 57.5 Å². The minimum Gasteiger partial charge on any atom is -0.384 e. The molecule has 1 fully saturated rings. The van der Waals surface area contributed by atoms with Gasteiger partial charge in [-0.25, -0.2) is 0 Å². The molecule has 106 valence electrons. The molecule has 1 saturated heterocycles. The lowest BCUT2D eigenvalue weighted by Crippen LogP contribution is -2.28. The van der Waals surface area contributed by atoms with E-state index in [9.17, 15) is 0 Å². The van der Waals surface area contributed by atoms with E-state index in [0.29, 0.717) is 0 Å². The zero-order chi connectivity index (χ0) is 13.7. The third-order valence-electron chi connectivity index (χ3n) is 3.67. The van der Waals surface area contributed by atoms with Crippen LogP contribution in [0, 0.1) is 6.92 Å². The monoisotopic (exact) mass is 264 g/mol. The maximum atomic E-state index is 5.44. The van der Waals surface area contributed by atoms with Gasteiger partial charge in [0.1, 0.15) is 0 Å². The van der Waals surface area contributed by atoms with E-state index < -0.39 is 0 Å². The SMILES string of the molecule is COC1CN(CCNc2cccc(C)c2)CC1OC. The molecular formula is C15H24N2O2. The predicted molar refractivity (Wildman–Crippen MR) is 77.7 cm³/mol. The van der Waals surface area contributed by atoms with Crippen LogP contribution in [0.1, 0.15) is 5.56 Å². The molecule has 4 nitrogen and oxygen atoms in total. The van der Waals surface area contributed by atoms with Crippen LogP contribution in [0.15, 0.2) is 24.3 Å². The van der Waals surface area contributed by atoms with Crippen LogP contribution in [0.4, 0.5) is 5.69 Å². The van der Waals surface area contributed by atoms with Crippen molar-refractivity contribution in [2.24, 2.45) is 0 Å². The lowest BCUT2D eigenvalue weighted by molar-refractivity contribution is -0.00461. The molecule has 0 amide bonds. The van der Waals surface area contributed by atoms with E-state index in [2.05, 4.69) is 41.4 Å². The molecule has 0 aliphatic carbocycles. The summed E-state index contributed by atoms with van der Waals surface area (Å²) in [7, 11) is 3.51. The van der Waals surface area contributed by atoms with Gasteiger partial charge in [-0.15, -0.1) is 0 Å². The van der Waals surface area contributed by atoms with E-state index >= 15 is 0 Å². The number of nitrogens with one attached hydrogen (secondary N) is 1. The fraction of sp³-hybridized carbons (Fsp3) is 0.600. The number of anilines is 1. The number of nitrogens with zero attached hydrogens (tertiary/aromatic N) is 1. The summed E-state index contributed by atoms with van der Waals surface area (Å²) >= 11 is 0. The number of aryl methyl sites for hydroxylation is 1. The van der Waals surface area contributed by atoms with Crippen molar-refractivity contribution in [2.75, 3.05) is 45.7 Å². The molecule has 2 rings (SSSR count). The first-order chi connectivity index (χ1) is 9.22. The first-order valence-electron chi connectivity index (χ1n) is 6.81. The minimum atomic E-state index is 0.198. The van der Waals surface area contributed by atoms with Crippen LogP contribution in [0.3, 0.4) is 0 Å². The summed E-state index contributed by atoms with van der Waals surface area (Å²) in [6.45, 7) is 5.96. The Balaban J connectivity index is 1.75. The van der Waals surface area contributed by atoms with Crippen LogP contribution in [0.2, 0.25) is 0 Å². The fourth-order valence-electron chi connectivity index (χ4n) is 2.57. The van der Waals surface area contributed by atoms with Crippen molar-refractivity contribution in [1.29, 1.82) is 0 Å². The molecule has 1 aromatic rings. The van der Waals surface area contributed by atoms with Gasteiger partial charge in [-0.2, -0.15) is 0 Å². The Hall–Kier alpha value is -1.10. The van der Waals surface area contributed by atoms with E-state index in [1.807, 2.05) is 0 Å². The summed E-state index contributed by atoms with van der Waals surface area (Å²) < 4.78 is 10.9. The highest BCUT2D eigenvalue weighted by atomic mass is 16.5. The van der Waals surface area contributed by atoms with Gasteiger partial charge in [-0.1, -0.05) is 12.1 Å². The first-order valence-corrected chi connectivity index (χ1v) is 6.81. The minimum absolute atomic E-state index is 0.198. The van der Waals surface area contributed by atoms with Gasteiger partial charge < -0.3 is 14.8 Å². The number of benzene rings is 1. The summed E-state index contributed by atoms with van der Waals surface area (Å²) in [6, 6.07) is 8.46. The highest BCUT2D eigenvalue weighted by Crippen LogP contribution is 2.15. The van der Waals surface area contributed by atoms with Crippen molar-refractivity contribution in [2.45, 2.75) is 19.1 Å². The molecule has 1 aliphatic rings. The maximum Gasteiger partial charge on any atom is 0.0971 e. The molecule has 19 heavy (non-hydrogen) atoms. The van der Waals surface area contributed by atoms with Gasteiger partial charge in [-0.05, 0) is 24.6 Å². The highest BCUT2D eigenvalue weighted by molar-refractivity contribution is 5.45. The highest BCUT2D eigenvalue weighted by Gasteiger charge is 2.32. The molecule has 1 N–H and O–H groups in total. The molecule has 0 saturated carbocycles. The van der Waals surface area contributed by atoms with Crippen molar-refractivity contribution in [3.8, 4) is 0 Å². The van der Waals surface area contributed by atoms with E-state index in [4.69, 9.17) is 9.47 Å². The Morgan fingerprint density at radius 3 is 2.47 bits per heavy atom. The molecular weight excluding hydrogens is 240 g/mol. The fourth-order valence-corrected chi connectivity index (χ4v) is 2.57. The van der Waals surface area contributed by atoms with Crippen molar-refractivity contribution in [3.05, 3.63) is 29.8 Å². The third-order valence-corrected chi connectivity index (χ3v) is 3.67. The Labute approximate surface area is 115 Å². The van der Waals surface area contributed by atoms with E-state index in [1.165, 1.54) is 11.3 Å². The molecule has 0 bridgehead atoms. The van der Waals surface area contributed by atoms with Crippen molar-refractivity contribution in [1.82, 2.24) is 4.90 Å². The topological polar surface area (TPSA) is 33.7 Å². The van der Waals surface area contributed by atoms with Gasteiger partial charge in [0.05, 0.1) is 12.2 Å². The summed E-state index contributed by atoms with van der Waals surface area (Å²) in [5.74, 6) is 0. The number of rotatable bonds is 6. The summed E-state index contributed by atoms with van der Waals surface area (Å²) in [6.07, 6.45) is 0.396. The van der Waals surface area contributed by atoms with Crippen LogP contribution in [0.5, 0.6) is 0 Å². The standard InChI is InChI=1S/C15H24N2O2/c1-12-5-4-6-13(9-12)16-7-8-17-10-14(18-2)15(11-17)19-3/h4-6,9,14-16H,7-8,10-11H2,1-3H3. The van der Waals surface area contributed by atoms with Crippen molar-refractivity contribution in [3.63, 3.8) is 0 Å². The normalized spacial score (nSPS) is 23.7. The second-order valence-corrected chi connectivity index (χ2v) is 5.10. The van der Waals surface area contributed by atoms with Gasteiger partial charge in [0.15, 0.2) is 0 Å². The molecule has 0 aromatic heterocycles. The van der Waals surface area contributed by atoms with E-state index in [0.717, 1.165) is 26.2 Å². The zero-order valence-electron chi connectivity index (χ0n) is 12.1. The average Bonchev–Trinajstić information content (AvgIpc) is 2.81. The Kier molecular flexibility index (Phi) is 5.19. The van der Waals surface area contributed by atoms with Crippen LogP contribution in [0.25, 0.3) is 0 Å².